The van der Waals surface area contributed by atoms with E-state index >= 15 is 0 Å². The van der Waals surface area contributed by atoms with E-state index < -0.39 is 0 Å². The number of aliphatic hydroxyl groups excluding tert-OH is 1. The van der Waals surface area contributed by atoms with Gasteiger partial charge in [0.15, 0.2) is 0 Å². The molecule has 0 heterocycles. The monoisotopic (exact) mass is 185 g/mol. The minimum Gasteiger partial charge on any atom is -0.394 e. The Bertz CT molecular complexity index is 152. The lowest BCUT2D eigenvalue weighted by Gasteiger charge is -2.36. The van der Waals surface area contributed by atoms with Crippen LogP contribution in [0.2, 0.25) is 0 Å². The van der Waals surface area contributed by atoms with E-state index in [9.17, 15) is 5.11 Å². The zero-order valence-corrected chi connectivity index (χ0v) is 9.14. The quantitative estimate of drug-likeness (QED) is 0.701. The third-order valence-corrected chi connectivity index (χ3v) is 3.20. The highest BCUT2D eigenvalue weighted by atomic mass is 16.3. The molecule has 0 aromatic carbocycles. The molecule has 13 heavy (non-hydrogen) atoms. The van der Waals surface area contributed by atoms with Crippen LogP contribution in [0.3, 0.4) is 0 Å². The maximum atomic E-state index is 9.43. The molecular formula is C11H23NO. The van der Waals surface area contributed by atoms with Crippen molar-refractivity contribution in [2.75, 3.05) is 6.61 Å². The van der Waals surface area contributed by atoms with Gasteiger partial charge in [-0.25, -0.2) is 0 Å². The summed E-state index contributed by atoms with van der Waals surface area (Å²) in [5.41, 5.74) is -0.0509. The smallest absolute Gasteiger partial charge is 0.0613 e. The molecule has 1 saturated carbocycles. The Labute approximate surface area is 81.7 Å². The SMILES string of the molecule is CC(C)NC(C)(CO)C1CCCC1. The first-order valence-corrected chi connectivity index (χ1v) is 5.47. The molecule has 78 valence electrons. The van der Waals surface area contributed by atoms with Crippen LogP contribution in [0.5, 0.6) is 0 Å². The first-order valence-electron chi connectivity index (χ1n) is 5.47. The largest absolute Gasteiger partial charge is 0.394 e. The maximum Gasteiger partial charge on any atom is 0.0613 e. The number of hydrogen-bond acceptors (Lipinski definition) is 2. The maximum absolute atomic E-state index is 9.43. The van der Waals surface area contributed by atoms with Crippen molar-refractivity contribution >= 4 is 0 Å². The van der Waals surface area contributed by atoms with Crippen LogP contribution in [0.25, 0.3) is 0 Å². The van der Waals surface area contributed by atoms with E-state index in [0.717, 1.165) is 0 Å². The van der Waals surface area contributed by atoms with E-state index in [4.69, 9.17) is 0 Å². The molecule has 0 aromatic heterocycles. The third kappa shape index (κ3) is 2.68. The summed E-state index contributed by atoms with van der Waals surface area (Å²) < 4.78 is 0. The number of aliphatic hydroxyl groups is 1. The highest BCUT2D eigenvalue weighted by Crippen LogP contribution is 2.33. The molecule has 1 fully saturated rings. The van der Waals surface area contributed by atoms with Crippen molar-refractivity contribution in [1.29, 1.82) is 0 Å². The average Bonchev–Trinajstić information content (AvgIpc) is 2.55. The molecule has 0 spiro atoms. The second kappa shape index (κ2) is 4.43. The molecule has 0 bridgehead atoms. The van der Waals surface area contributed by atoms with Gasteiger partial charge >= 0.3 is 0 Å². The molecule has 2 nitrogen and oxygen atoms in total. The van der Waals surface area contributed by atoms with E-state index in [0.29, 0.717) is 12.0 Å². The summed E-state index contributed by atoms with van der Waals surface area (Å²) in [4.78, 5) is 0. The first-order chi connectivity index (χ1) is 6.08. The Morgan fingerprint density at radius 1 is 1.38 bits per heavy atom. The van der Waals surface area contributed by atoms with Crippen LogP contribution < -0.4 is 5.32 Å². The van der Waals surface area contributed by atoms with Crippen molar-refractivity contribution in [2.24, 2.45) is 5.92 Å². The van der Waals surface area contributed by atoms with Gasteiger partial charge in [-0.05, 0) is 25.7 Å². The summed E-state index contributed by atoms with van der Waals surface area (Å²) in [5.74, 6) is 0.667. The second-order valence-corrected chi connectivity index (χ2v) is 4.86. The van der Waals surface area contributed by atoms with Crippen molar-refractivity contribution < 1.29 is 5.11 Å². The van der Waals surface area contributed by atoms with Crippen molar-refractivity contribution in [3.8, 4) is 0 Å². The second-order valence-electron chi connectivity index (χ2n) is 4.86. The lowest BCUT2D eigenvalue weighted by atomic mass is 9.84. The number of rotatable bonds is 4. The molecule has 1 aliphatic rings. The molecule has 1 atom stereocenters. The summed E-state index contributed by atoms with van der Waals surface area (Å²) in [5, 5.41) is 12.9. The molecule has 1 unspecified atom stereocenters. The van der Waals surface area contributed by atoms with E-state index in [-0.39, 0.29) is 12.1 Å². The van der Waals surface area contributed by atoms with Gasteiger partial charge in [0.05, 0.1) is 6.61 Å². The van der Waals surface area contributed by atoms with Gasteiger partial charge in [-0.15, -0.1) is 0 Å². The van der Waals surface area contributed by atoms with Crippen LogP contribution in [-0.4, -0.2) is 23.3 Å². The average molecular weight is 185 g/mol. The fourth-order valence-electron chi connectivity index (χ4n) is 2.52. The van der Waals surface area contributed by atoms with Crippen LogP contribution in [0.1, 0.15) is 46.5 Å². The molecule has 2 N–H and O–H groups in total. The fraction of sp³-hybridized carbons (Fsp3) is 1.00. The van der Waals surface area contributed by atoms with Crippen LogP contribution in [0.4, 0.5) is 0 Å². The molecule has 1 aliphatic carbocycles. The predicted molar refractivity (Wildman–Crippen MR) is 55.7 cm³/mol. The van der Waals surface area contributed by atoms with E-state index in [1.54, 1.807) is 0 Å². The van der Waals surface area contributed by atoms with Crippen LogP contribution >= 0.6 is 0 Å². The van der Waals surface area contributed by atoms with E-state index in [1.165, 1.54) is 25.7 Å². The Kier molecular flexibility index (Phi) is 3.74. The molecule has 0 amide bonds. The van der Waals surface area contributed by atoms with Gasteiger partial charge in [0.25, 0.3) is 0 Å². The normalized spacial score (nSPS) is 23.8. The van der Waals surface area contributed by atoms with Crippen LogP contribution in [-0.2, 0) is 0 Å². The Hall–Kier alpha value is -0.0800. The molecule has 0 aliphatic heterocycles. The lowest BCUT2D eigenvalue weighted by molar-refractivity contribution is 0.112. The third-order valence-electron chi connectivity index (χ3n) is 3.20. The van der Waals surface area contributed by atoms with Crippen LogP contribution in [0, 0.1) is 5.92 Å². The molecule has 2 heteroatoms. The topological polar surface area (TPSA) is 32.3 Å². The molecule has 0 aromatic rings. The van der Waals surface area contributed by atoms with Crippen molar-refractivity contribution in [1.82, 2.24) is 5.32 Å². The Balaban J connectivity index is 2.55. The highest BCUT2D eigenvalue weighted by molar-refractivity contribution is 4.93. The molecule has 0 radical (unpaired) electrons. The molecule has 1 rings (SSSR count). The van der Waals surface area contributed by atoms with E-state index in [1.807, 2.05) is 0 Å². The highest BCUT2D eigenvalue weighted by Gasteiger charge is 2.35. The van der Waals surface area contributed by atoms with Gasteiger partial charge in [-0.1, -0.05) is 26.7 Å². The van der Waals surface area contributed by atoms with Crippen molar-refractivity contribution in [3.05, 3.63) is 0 Å². The summed E-state index contributed by atoms with van der Waals surface area (Å²) in [6.07, 6.45) is 5.22. The van der Waals surface area contributed by atoms with Gasteiger partial charge in [-0.3, -0.25) is 0 Å². The Morgan fingerprint density at radius 3 is 2.31 bits per heavy atom. The summed E-state index contributed by atoms with van der Waals surface area (Å²) in [7, 11) is 0. The van der Waals surface area contributed by atoms with Gasteiger partial charge in [-0.2, -0.15) is 0 Å². The first kappa shape index (κ1) is 11.0. The van der Waals surface area contributed by atoms with Crippen molar-refractivity contribution in [2.45, 2.75) is 58.0 Å². The molecular weight excluding hydrogens is 162 g/mol. The standard InChI is InChI=1S/C11H23NO/c1-9(2)12-11(3,8-13)10-6-4-5-7-10/h9-10,12-13H,4-8H2,1-3H3. The number of nitrogens with one attached hydrogen (secondary N) is 1. The van der Waals surface area contributed by atoms with Gasteiger partial charge < -0.3 is 10.4 Å². The zero-order chi connectivity index (χ0) is 9.90. The molecule has 0 saturated heterocycles. The summed E-state index contributed by atoms with van der Waals surface area (Å²) in [6, 6.07) is 0.456. The summed E-state index contributed by atoms with van der Waals surface area (Å²) >= 11 is 0. The minimum atomic E-state index is -0.0509. The Morgan fingerprint density at radius 2 is 1.92 bits per heavy atom. The van der Waals surface area contributed by atoms with Gasteiger partial charge in [0.1, 0.15) is 0 Å². The predicted octanol–water partition coefficient (Wildman–Crippen LogP) is 1.93. The van der Waals surface area contributed by atoms with E-state index in [2.05, 4.69) is 26.1 Å². The van der Waals surface area contributed by atoms with Crippen LogP contribution in [0.15, 0.2) is 0 Å². The van der Waals surface area contributed by atoms with Gasteiger partial charge in [0, 0.05) is 11.6 Å². The number of hydrogen-bond donors (Lipinski definition) is 2. The fourth-order valence-corrected chi connectivity index (χ4v) is 2.52. The minimum absolute atomic E-state index is 0.0509. The van der Waals surface area contributed by atoms with Crippen molar-refractivity contribution in [3.63, 3.8) is 0 Å². The lowest BCUT2D eigenvalue weighted by Crippen LogP contribution is -2.53. The van der Waals surface area contributed by atoms with Gasteiger partial charge in [0.2, 0.25) is 0 Å². The summed E-state index contributed by atoms with van der Waals surface area (Å²) in [6.45, 7) is 6.70. The zero-order valence-electron chi connectivity index (χ0n) is 9.14.